The summed E-state index contributed by atoms with van der Waals surface area (Å²) in [6.07, 6.45) is 2.49. The zero-order valence-electron chi connectivity index (χ0n) is 19.1. The Bertz CT molecular complexity index is 990. The van der Waals surface area contributed by atoms with Crippen molar-refractivity contribution in [2.45, 2.75) is 43.2 Å². The Labute approximate surface area is 195 Å². The number of rotatable bonds is 13. The number of carbonyl (C=O) groups is 1. The molecule has 1 amide bonds. The van der Waals surface area contributed by atoms with Gasteiger partial charge in [-0.15, -0.1) is 0 Å². The van der Waals surface area contributed by atoms with Gasteiger partial charge < -0.3 is 19.1 Å². The van der Waals surface area contributed by atoms with E-state index in [0.717, 1.165) is 17.7 Å². The van der Waals surface area contributed by atoms with Gasteiger partial charge in [0.2, 0.25) is 5.91 Å². The summed E-state index contributed by atoms with van der Waals surface area (Å²) in [5.74, 6) is 1.45. The highest BCUT2D eigenvalue weighted by Gasteiger charge is 2.30. The van der Waals surface area contributed by atoms with Crippen LogP contribution < -0.4 is 9.47 Å². The van der Waals surface area contributed by atoms with Crippen molar-refractivity contribution in [2.24, 2.45) is 0 Å². The van der Waals surface area contributed by atoms with Gasteiger partial charge in [0.1, 0.15) is 18.1 Å². The third-order valence-electron chi connectivity index (χ3n) is 5.55. The quantitative estimate of drug-likeness (QED) is 0.323. The molecule has 0 N–H and O–H groups in total. The lowest BCUT2D eigenvalue weighted by Crippen LogP contribution is -2.32. The minimum absolute atomic E-state index is 0.0698. The van der Waals surface area contributed by atoms with Gasteiger partial charge in [-0.05, 0) is 61.2 Å². The molecule has 1 saturated heterocycles. The highest BCUT2D eigenvalue weighted by molar-refractivity contribution is 7.86. The van der Waals surface area contributed by atoms with Crippen molar-refractivity contribution < 1.29 is 31.6 Å². The summed E-state index contributed by atoms with van der Waals surface area (Å²) in [6, 6.07) is 13.8. The van der Waals surface area contributed by atoms with E-state index in [1.807, 2.05) is 29.2 Å². The number of likely N-dealkylation sites (tertiary alicyclic amines) is 1. The van der Waals surface area contributed by atoms with E-state index in [1.165, 1.54) is 19.2 Å². The molecule has 0 aromatic heterocycles. The molecule has 1 atom stereocenters. The highest BCUT2D eigenvalue weighted by Crippen LogP contribution is 2.26. The predicted octanol–water partition coefficient (Wildman–Crippen LogP) is 3.40. The fourth-order valence-electron chi connectivity index (χ4n) is 3.74. The molecular formula is C24H31NO7S. The minimum atomic E-state index is -3.82. The molecule has 33 heavy (non-hydrogen) atoms. The van der Waals surface area contributed by atoms with Gasteiger partial charge in [0.25, 0.3) is 10.1 Å². The first kappa shape index (κ1) is 25.0. The van der Waals surface area contributed by atoms with Gasteiger partial charge in [0.05, 0.1) is 25.2 Å². The van der Waals surface area contributed by atoms with Crippen LogP contribution in [0.2, 0.25) is 0 Å². The first-order valence-corrected chi connectivity index (χ1v) is 12.4. The molecule has 0 unspecified atom stereocenters. The van der Waals surface area contributed by atoms with Gasteiger partial charge >= 0.3 is 0 Å². The molecule has 0 spiro atoms. The second kappa shape index (κ2) is 12.0. The molecule has 2 aromatic rings. The monoisotopic (exact) mass is 477 g/mol. The van der Waals surface area contributed by atoms with Crippen molar-refractivity contribution >= 4 is 16.0 Å². The summed E-state index contributed by atoms with van der Waals surface area (Å²) in [5.41, 5.74) is 1.02. The van der Waals surface area contributed by atoms with Crippen LogP contribution in [-0.4, -0.2) is 59.3 Å². The van der Waals surface area contributed by atoms with E-state index in [1.54, 1.807) is 19.2 Å². The second-order valence-corrected chi connectivity index (χ2v) is 9.41. The summed E-state index contributed by atoms with van der Waals surface area (Å²) >= 11 is 0. The van der Waals surface area contributed by atoms with Crippen LogP contribution in [-0.2, 0) is 30.4 Å². The van der Waals surface area contributed by atoms with Crippen molar-refractivity contribution in [2.75, 3.05) is 34.0 Å². The van der Waals surface area contributed by atoms with Crippen LogP contribution in [0.1, 0.15) is 31.2 Å². The summed E-state index contributed by atoms with van der Waals surface area (Å²) in [4.78, 5) is 14.4. The topological polar surface area (TPSA) is 91.4 Å². The molecule has 0 aliphatic carbocycles. The van der Waals surface area contributed by atoms with Gasteiger partial charge in [-0.2, -0.15) is 8.42 Å². The van der Waals surface area contributed by atoms with Crippen LogP contribution in [0.3, 0.4) is 0 Å². The molecule has 2 aromatic carbocycles. The number of amides is 1. The summed E-state index contributed by atoms with van der Waals surface area (Å²) in [7, 11) is -0.677. The van der Waals surface area contributed by atoms with Gasteiger partial charge in [0, 0.05) is 26.1 Å². The van der Waals surface area contributed by atoms with Crippen LogP contribution in [0.5, 0.6) is 11.5 Å². The molecule has 0 saturated carbocycles. The smallest absolute Gasteiger partial charge is 0.296 e. The SMILES string of the molecule is COCCOc1ccc(CN2C(=O)CC[C@H]2CCCOS(=O)(=O)c2ccc(OC)cc2)cc1. The molecule has 0 bridgehead atoms. The van der Waals surface area contributed by atoms with Gasteiger partial charge in [-0.1, -0.05) is 12.1 Å². The van der Waals surface area contributed by atoms with E-state index in [9.17, 15) is 13.2 Å². The second-order valence-electron chi connectivity index (χ2n) is 7.79. The average Bonchev–Trinajstić information content (AvgIpc) is 3.17. The number of ether oxygens (including phenoxy) is 3. The Morgan fingerprint density at radius 1 is 0.939 bits per heavy atom. The standard InChI is InChI=1S/C24H31NO7S/c1-29-16-17-31-22-8-5-19(6-9-22)18-25-20(7-14-24(25)26)4-3-15-32-33(27,28)23-12-10-21(30-2)11-13-23/h5-6,8-13,20H,3-4,7,14-18H2,1-2H3/t20-/m1/s1. The van der Waals surface area contributed by atoms with Crippen LogP contribution in [0.15, 0.2) is 53.4 Å². The zero-order valence-corrected chi connectivity index (χ0v) is 19.9. The number of hydrogen-bond donors (Lipinski definition) is 0. The summed E-state index contributed by atoms with van der Waals surface area (Å²) < 4.78 is 45.5. The average molecular weight is 478 g/mol. The van der Waals surface area contributed by atoms with Crippen molar-refractivity contribution in [1.82, 2.24) is 4.90 Å². The Kier molecular flexibility index (Phi) is 9.11. The fraction of sp³-hybridized carbons (Fsp3) is 0.458. The lowest BCUT2D eigenvalue weighted by molar-refractivity contribution is -0.129. The molecule has 180 valence electrons. The van der Waals surface area contributed by atoms with E-state index >= 15 is 0 Å². The van der Waals surface area contributed by atoms with E-state index in [2.05, 4.69) is 0 Å². The zero-order chi connectivity index (χ0) is 23.7. The number of benzene rings is 2. The Morgan fingerprint density at radius 2 is 1.64 bits per heavy atom. The summed E-state index contributed by atoms with van der Waals surface area (Å²) in [6.45, 7) is 1.60. The van der Waals surface area contributed by atoms with Crippen LogP contribution >= 0.6 is 0 Å². The third kappa shape index (κ3) is 7.18. The molecule has 1 aliphatic rings. The number of carbonyl (C=O) groups excluding carboxylic acids is 1. The van der Waals surface area contributed by atoms with Crippen LogP contribution in [0.25, 0.3) is 0 Å². The molecule has 1 aliphatic heterocycles. The van der Waals surface area contributed by atoms with Crippen LogP contribution in [0.4, 0.5) is 0 Å². The summed E-state index contributed by atoms with van der Waals surface area (Å²) in [5, 5.41) is 0. The van der Waals surface area contributed by atoms with Gasteiger partial charge in [0.15, 0.2) is 0 Å². The number of methoxy groups -OCH3 is 2. The van der Waals surface area contributed by atoms with Crippen molar-refractivity contribution in [1.29, 1.82) is 0 Å². The molecule has 3 rings (SSSR count). The maximum atomic E-state index is 12.4. The molecule has 8 nitrogen and oxygen atoms in total. The first-order chi connectivity index (χ1) is 15.9. The van der Waals surface area contributed by atoms with E-state index in [-0.39, 0.29) is 23.5 Å². The molecule has 0 radical (unpaired) electrons. The molecular weight excluding hydrogens is 446 g/mol. The van der Waals surface area contributed by atoms with E-state index in [0.29, 0.717) is 44.8 Å². The van der Waals surface area contributed by atoms with Gasteiger partial charge in [-0.3, -0.25) is 8.98 Å². The number of nitrogens with zero attached hydrogens (tertiary/aromatic N) is 1. The number of hydrogen-bond acceptors (Lipinski definition) is 7. The van der Waals surface area contributed by atoms with E-state index < -0.39 is 10.1 Å². The highest BCUT2D eigenvalue weighted by atomic mass is 32.2. The minimum Gasteiger partial charge on any atom is -0.497 e. The molecule has 9 heteroatoms. The Hall–Kier alpha value is -2.62. The van der Waals surface area contributed by atoms with Crippen molar-refractivity contribution in [3.8, 4) is 11.5 Å². The Balaban J connectivity index is 1.47. The lowest BCUT2D eigenvalue weighted by atomic mass is 10.1. The van der Waals surface area contributed by atoms with Crippen molar-refractivity contribution in [3.63, 3.8) is 0 Å². The third-order valence-corrected chi connectivity index (χ3v) is 6.88. The fourth-order valence-corrected chi connectivity index (χ4v) is 4.68. The maximum absolute atomic E-state index is 12.4. The van der Waals surface area contributed by atoms with Crippen LogP contribution in [0, 0.1) is 0 Å². The molecule has 1 fully saturated rings. The predicted molar refractivity (Wildman–Crippen MR) is 123 cm³/mol. The Morgan fingerprint density at radius 3 is 2.30 bits per heavy atom. The van der Waals surface area contributed by atoms with Gasteiger partial charge in [-0.25, -0.2) is 0 Å². The largest absolute Gasteiger partial charge is 0.497 e. The normalized spacial score (nSPS) is 16.2. The first-order valence-electron chi connectivity index (χ1n) is 11.0. The lowest BCUT2D eigenvalue weighted by Gasteiger charge is -2.25. The molecule has 1 heterocycles. The maximum Gasteiger partial charge on any atom is 0.296 e. The van der Waals surface area contributed by atoms with Crippen molar-refractivity contribution in [3.05, 3.63) is 54.1 Å². The van der Waals surface area contributed by atoms with E-state index in [4.69, 9.17) is 18.4 Å².